The van der Waals surface area contributed by atoms with Crippen LogP contribution >= 0.6 is 0 Å². The Bertz CT molecular complexity index is 611. The molecule has 2 aromatic rings. The number of nitrogens with two attached hydrogens (primary N) is 2. The van der Waals surface area contributed by atoms with Gasteiger partial charge in [-0.25, -0.2) is 0 Å². The zero-order valence-electron chi connectivity index (χ0n) is 12.9. The minimum atomic E-state index is -0.577. The van der Waals surface area contributed by atoms with Crippen LogP contribution in [-0.2, 0) is 9.53 Å². The third-order valence-corrected chi connectivity index (χ3v) is 3.02. The van der Waals surface area contributed by atoms with Gasteiger partial charge in [0.1, 0.15) is 24.7 Å². The van der Waals surface area contributed by atoms with E-state index in [1.54, 1.807) is 24.3 Å². The Kier molecular flexibility index (Phi) is 5.68. The first-order valence-electron chi connectivity index (χ1n) is 7.18. The monoisotopic (exact) mass is 316 g/mol. The van der Waals surface area contributed by atoms with Crippen LogP contribution in [0.4, 0.5) is 11.4 Å². The minimum absolute atomic E-state index is 0.126. The van der Waals surface area contributed by atoms with E-state index >= 15 is 0 Å². The molecule has 2 rings (SSSR count). The summed E-state index contributed by atoms with van der Waals surface area (Å²) < 4.78 is 16.4. The summed E-state index contributed by atoms with van der Waals surface area (Å²) in [5, 5.41) is 0. The van der Waals surface area contributed by atoms with Gasteiger partial charge in [-0.3, -0.25) is 4.79 Å². The number of hydrogen-bond donors (Lipinski definition) is 2. The zero-order valence-corrected chi connectivity index (χ0v) is 12.9. The normalized spacial score (nSPS) is 10.3. The average molecular weight is 316 g/mol. The molecule has 0 aromatic heterocycles. The average Bonchev–Trinajstić information content (AvgIpc) is 2.52. The maximum atomic E-state index is 11.2. The molecule has 2 aromatic carbocycles. The molecule has 0 radical (unpaired) electrons. The fourth-order valence-electron chi connectivity index (χ4n) is 1.94. The van der Waals surface area contributed by atoms with Crippen LogP contribution in [0, 0.1) is 0 Å². The van der Waals surface area contributed by atoms with Crippen molar-refractivity contribution in [2.24, 2.45) is 0 Å². The van der Waals surface area contributed by atoms with Crippen LogP contribution < -0.4 is 20.9 Å². The first kappa shape index (κ1) is 16.5. The summed E-state index contributed by atoms with van der Waals surface area (Å²) in [5.41, 5.74) is 12.7. The first-order valence-corrected chi connectivity index (χ1v) is 7.18. The van der Waals surface area contributed by atoms with Crippen LogP contribution in [0.1, 0.15) is 6.92 Å². The van der Waals surface area contributed by atoms with Gasteiger partial charge in [-0.1, -0.05) is 24.3 Å². The van der Waals surface area contributed by atoms with Gasteiger partial charge in [-0.05, 0) is 24.3 Å². The highest BCUT2D eigenvalue weighted by Gasteiger charge is 2.15. The van der Waals surface area contributed by atoms with E-state index in [1.165, 1.54) is 6.92 Å². The highest BCUT2D eigenvalue weighted by atomic mass is 16.6. The molecule has 0 unspecified atom stereocenters. The fraction of sp³-hybridized carbons (Fsp3) is 0.235. The van der Waals surface area contributed by atoms with E-state index in [0.29, 0.717) is 22.9 Å². The van der Waals surface area contributed by atoms with E-state index in [1.807, 2.05) is 24.3 Å². The standard InChI is InChI=1S/C17H20N2O4/c1-12(20)23-13(10-21-16-8-4-2-6-14(16)18)11-22-17-9-5-3-7-15(17)19/h2-9,13H,10-11,18-19H2,1H3. The molecule has 0 amide bonds. The number of esters is 1. The number of benzene rings is 2. The Morgan fingerprint density at radius 1 is 0.913 bits per heavy atom. The maximum absolute atomic E-state index is 11.2. The summed E-state index contributed by atoms with van der Waals surface area (Å²) in [6.07, 6.45) is -0.577. The van der Waals surface area contributed by atoms with Gasteiger partial charge in [0.2, 0.25) is 0 Å². The van der Waals surface area contributed by atoms with E-state index in [-0.39, 0.29) is 13.2 Å². The predicted octanol–water partition coefficient (Wildman–Crippen LogP) is 2.24. The van der Waals surface area contributed by atoms with E-state index in [9.17, 15) is 4.79 Å². The smallest absolute Gasteiger partial charge is 0.303 e. The van der Waals surface area contributed by atoms with Gasteiger partial charge in [0.25, 0.3) is 0 Å². The minimum Gasteiger partial charge on any atom is -0.487 e. The van der Waals surface area contributed by atoms with Gasteiger partial charge in [0.15, 0.2) is 6.10 Å². The highest BCUT2D eigenvalue weighted by molar-refractivity contribution is 5.66. The molecule has 0 saturated heterocycles. The van der Waals surface area contributed by atoms with Crippen molar-refractivity contribution >= 4 is 17.3 Å². The molecule has 0 saturated carbocycles. The van der Waals surface area contributed by atoms with Crippen LogP contribution in [-0.4, -0.2) is 25.3 Å². The van der Waals surface area contributed by atoms with E-state index in [2.05, 4.69) is 0 Å². The van der Waals surface area contributed by atoms with Gasteiger partial charge < -0.3 is 25.7 Å². The van der Waals surface area contributed by atoms with Crippen molar-refractivity contribution in [2.75, 3.05) is 24.7 Å². The molecule has 6 heteroatoms. The summed E-state index contributed by atoms with van der Waals surface area (Å²) in [4.78, 5) is 11.2. The Hall–Kier alpha value is -2.89. The lowest BCUT2D eigenvalue weighted by Gasteiger charge is -2.19. The summed E-state index contributed by atoms with van der Waals surface area (Å²) in [6, 6.07) is 14.2. The SMILES string of the molecule is CC(=O)OC(COc1ccccc1N)COc1ccccc1N. The summed E-state index contributed by atoms with van der Waals surface area (Å²) in [6.45, 7) is 1.59. The largest absolute Gasteiger partial charge is 0.487 e. The highest BCUT2D eigenvalue weighted by Crippen LogP contribution is 2.22. The molecule has 0 aliphatic rings. The molecule has 0 fully saturated rings. The third kappa shape index (κ3) is 5.10. The van der Waals surface area contributed by atoms with Crippen LogP contribution in [0.2, 0.25) is 0 Å². The number of carbonyl (C=O) groups is 1. The second-order valence-electron chi connectivity index (χ2n) is 4.93. The molecule has 4 N–H and O–H groups in total. The number of ether oxygens (including phenoxy) is 3. The lowest BCUT2D eigenvalue weighted by Crippen LogP contribution is -2.30. The summed E-state index contributed by atoms with van der Waals surface area (Å²) in [5.74, 6) is 0.650. The fourth-order valence-corrected chi connectivity index (χ4v) is 1.94. The Balaban J connectivity index is 1.95. The van der Waals surface area contributed by atoms with Gasteiger partial charge >= 0.3 is 5.97 Å². The molecule has 23 heavy (non-hydrogen) atoms. The zero-order chi connectivity index (χ0) is 16.7. The summed E-state index contributed by atoms with van der Waals surface area (Å²) in [7, 11) is 0. The number of hydrogen-bond acceptors (Lipinski definition) is 6. The second-order valence-corrected chi connectivity index (χ2v) is 4.93. The molecule has 0 spiro atoms. The molecule has 0 bridgehead atoms. The summed E-state index contributed by atoms with van der Waals surface area (Å²) >= 11 is 0. The topological polar surface area (TPSA) is 96.8 Å². The van der Waals surface area contributed by atoms with Crippen LogP contribution in [0.5, 0.6) is 11.5 Å². The first-order chi connectivity index (χ1) is 11.1. The molecule has 0 aliphatic carbocycles. The van der Waals surface area contributed by atoms with E-state index in [4.69, 9.17) is 25.7 Å². The lowest BCUT2D eigenvalue weighted by atomic mass is 10.3. The number of para-hydroxylation sites is 4. The van der Waals surface area contributed by atoms with Gasteiger partial charge in [0, 0.05) is 6.92 Å². The van der Waals surface area contributed by atoms with Gasteiger partial charge in [-0.15, -0.1) is 0 Å². The van der Waals surface area contributed by atoms with Crippen molar-refractivity contribution < 1.29 is 19.0 Å². The Morgan fingerprint density at radius 2 is 1.35 bits per heavy atom. The van der Waals surface area contributed by atoms with Crippen molar-refractivity contribution in [1.82, 2.24) is 0 Å². The van der Waals surface area contributed by atoms with E-state index < -0.39 is 12.1 Å². The quantitative estimate of drug-likeness (QED) is 0.600. The number of carbonyl (C=O) groups excluding carboxylic acids is 1. The third-order valence-electron chi connectivity index (χ3n) is 3.02. The van der Waals surface area contributed by atoms with Crippen molar-refractivity contribution in [2.45, 2.75) is 13.0 Å². The molecule has 6 nitrogen and oxygen atoms in total. The van der Waals surface area contributed by atoms with Crippen LogP contribution in [0.15, 0.2) is 48.5 Å². The van der Waals surface area contributed by atoms with Gasteiger partial charge in [0.05, 0.1) is 11.4 Å². The van der Waals surface area contributed by atoms with Crippen molar-refractivity contribution in [3.05, 3.63) is 48.5 Å². The number of nitrogen functional groups attached to an aromatic ring is 2. The molecular formula is C17H20N2O4. The lowest BCUT2D eigenvalue weighted by molar-refractivity contribution is -0.149. The molecular weight excluding hydrogens is 296 g/mol. The van der Waals surface area contributed by atoms with Gasteiger partial charge in [-0.2, -0.15) is 0 Å². The molecule has 0 heterocycles. The Morgan fingerprint density at radius 3 is 1.74 bits per heavy atom. The number of anilines is 2. The molecule has 122 valence electrons. The van der Waals surface area contributed by atoms with Crippen molar-refractivity contribution in [3.63, 3.8) is 0 Å². The predicted molar refractivity (Wildman–Crippen MR) is 88.3 cm³/mol. The van der Waals surface area contributed by atoms with Crippen molar-refractivity contribution in [1.29, 1.82) is 0 Å². The number of rotatable bonds is 7. The Labute approximate surface area is 134 Å². The molecule has 0 aliphatic heterocycles. The van der Waals surface area contributed by atoms with Crippen molar-refractivity contribution in [3.8, 4) is 11.5 Å². The van der Waals surface area contributed by atoms with Crippen LogP contribution in [0.25, 0.3) is 0 Å². The van der Waals surface area contributed by atoms with Crippen LogP contribution in [0.3, 0.4) is 0 Å². The van der Waals surface area contributed by atoms with E-state index in [0.717, 1.165) is 0 Å². The molecule has 0 atom stereocenters. The maximum Gasteiger partial charge on any atom is 0.303 e. The second kappa shape index (κ2) is 7.93.